The topological polar surface area (TPSA) is 61.8 Å². The molecule has 0 amide bonds. The fraction of sp³-hybridized carbons (Fsp3) is 0.533. The summed E-state index contributed by atoms with van der Waals surface area (Å²) in [5.41, 5.74) is 2.22. The average molecular weight is 636 g/mol. The first-order valence-electron chi connectivity index (χ1n) is 13.6. The molecule has 0 spiro atoms. The van der Waals surface area contributed by atoms with E-state index >= 15 is 0 Å². The van der Waals surface area contributed by atoms with E-state index in [1.165, 1.54) is 51.4 Å². The molecule has 0 atom stereocenters. The molecule has 0 aliphatic heterocycles. The number of halogens is 2. The normalized spacial score (nSPS) is 17.5. The van der Waals surface area contributed by atoms with Gasteiger partial charge in [-0.05, 0) is 85.0 Å². The van der Waals surface area contributed by atoms with Gasteiger partial charge >= 0.3 is 11.9 Å². The molecular formula is C30H36Br2O5. The highest BCUT2D eigenvalue weighted by molar-refractivity contribution is 9.10. The van der Waals surface area contributed by atoms with Crippen LogP contribution in [0.2, 0.25) is 0 Å². The predicted molar refractivity (Wildman–Crippen MR) is 151 cm³/mol. The smallest absolute Gasteiger partial charge is 0.351 e. The highest BCUT2D eigenvalue weighted by atomic mass is 79.9. The van der Waals surface area contributed by atoms with Gasteiger partial charge in [0.2, 0.25) is 0 Å². The molecule has 0 bridgehead atoms. The van der Waals surface area contributed by atoms with E-state index < -0.39 is 11.9 Å². The van der Waals surface area contributed by atoms with Crippen LogP contribution >= 0.6 is 31.9 Å². The van der Waals surface area contributed by atoms with Gasteiger partial charge in [-0.1, -0.05) is 83.2 Å². The van der Waals surface area contributed by atoms with Crippen LogP contribution in [0.3, 0.4) is 0 Å². The average Bonchev–Trinajstić information content (AvgIpc) is 3.33. The molecular weight excluding hydrogens is 600 g/mol. The van der Waals surface area contributed by atoms with Gasteiger partial charge < -0.3 is 14.2 Å². The number of ether oxygens (including phenoxy) is 3. The Bertz CT molecular complexity index is 970. The first-order valence-corrected chi connectivity index (χ1v) is 15.2. The van der Waals surface area contributed by atoms with Gasteiger partial charge in [0.05, 0.1) is 0 Å². The van der Waals surface area contributed by atoms with E-state index in [1.807, 2.05) is 24.3 Å². The summed E-state index contributed by atoms with van der Waals surface area (Å²) < 4.78 is 18.7. The Kier molecular flexibility index (Phi) is 10.9. The van der Waals surface area contributed by atoms with E-state index in [1.54, 1.807) is 0 Å². The molecule has 4 rings (SSSR count). The van der Waals surface area contributed by atoms with E-state index in [-0.39, 0.29) is 13.2 Å². The van der Waals surface area contributed by atoms with Gasteiger partial charge in [0.25, 0.3) is 0 Å². The van der Waals surface area contributed by atoms with E-state index in [4.69, 9.17) is 14.2 Å². The van der Waals surface area contributed by atoms with Crippen LogP contribution in [-0.2, 0) is 14.3 Å². The van der Waals surface area contributed by atoms with Crippen molar-refractivity contribution in [1.29, 1.82) is 0 Å². The Balaban J connectivity index is 1.31. The van der Waals surface area contributed by atoms with Crippen LogP contribution in [0.1, 0.15) is 100 Å². The molecule has 2 aromatic carbocycles. The summed E-state index contributed by atoms with van der Waals surface area (Å²) in [5.74, 6) is 0.743. The molecule has 2 aromatic rings. The minimum absolute atomic E-state index is 0.321. The number of rotatable bonds is 8. The molecule has 2 aliphatic carbocycles. The Hall–Kier alpha value is -1.86. The van der Waals surface area contributed by atoms with Crippen molar-refractivity contribution in [3.63, 3.8) is 0 Å². The Morgan fingerprint density at radius 2 is 1.00 bits per heavy atom. The fourth-order valence-corrected chi connectivity index (χ4v) is 6.34. The molecule has 37 heavy (non-hydrogen) atoms. The Labute approximate surface area is 236 Å². The summed E-state index contributed by atoms with van der Waals surface area (Å²) in [6.45, 7) is -0.641. The summed E-state index contributed by atoms with van der Waals surface area (Å²) in [6, 6.07) is 11.7. The van der Waals surface area contributed by atoms with Crippen LogP contribution in [0.4, 0.5) is 0 Å². The maximum atomic E-state index is 12.4. The lowest BCUT2D eigenvalue weighted by molar-refractivity contribution is -0.162. The predicted octanol–water partition coefficient (Wildman–Crippen LogP) is 8.61. The van der Waals surface area contributed by atoms with Crippen LogP contribution < -0.4 is 9.47 Å². The third kappa shape index (κ3) is 8.57. The van der Waals surface area contributed by atoms with E-state index in [0.29, 0.717) is 23.3 Å². The molecule has 0 radical (unpaired) electrons. The zero-order valence-electron chi connectivity index (χ0n) is 21.3. The third-order valence-electron chi connectivity index (χ3n) is 7.45. The Morgan fingerprint density at radius 3 is 1.38 bits per heavy atom. The molecule has 0 saturated heterocycles. The Morgan fingerprint density at radius 1 is 0.622 bits per heavy atom. The number of benzene rings is 2. The van der Waals surface area contributed by atoms with Crippen molar-refractivity contribution >= 4 is 43.8 Å². The minimum atomic E-state index is -0.719. The highest BCUT2D eigenvalue weighted by Gasteiger charge is 2.22. The molecule has 0 heterocycles. The number of carbonyl (C=O) groups is 2. The van der Waals surface area contributed by atoms with Crippen molar-refractivity contribution in [2.45, 2.75) is 88.9 Å². The van der Waals surface area contributed by atoms with Gasteiger partial charge in [0.15, 0.2) is 13.2 Å². The summed E-state index contributed by atoms with van der Waals surface area (Å²) in [4.78, 5) is 24.8. The summed E-state index contributed by atoms with van der Waals surface area (Å²) >= 11 is 7.12. The molecule has 0 N–H and O–H groups in total. The van der Waals surface area contributed by atoms with Crippen molar-refractivity contribution < 1.29 is 23.8 Å². The first kappa shape index (κ1) is 28.2. The number of hydrogen-bond donors (Lipinski definition) is 0. The van der Waals surface area contributed by atoms with Crippen molar-refractivity contribution in [2.75, 3.05) is 13.2 Å². The van der Waals surface area contributed by atoms with Crippen LogP contribution in [0, 0.1) is 0 Å². The van der Waals surface area contributed by atoms with Gasteiger partial charge in [0, 0.05) is 8.95 Å². The lowest BCUT2D eigenvalue weighted by Gasteiger charge is -2.19. The minimum Gasteiger partial charge on any atom is -0.482 e. The number of hydrogen-bond acceptors (Lipinski definition) is 5. The maximum Gasteiger partial charge on any atom is 0.351 e. The second-order valence-electron chi connectivity index (χ2n) is 10.2. The van der Waals surface area contributed by atoms with Crippen LogP contribution in [0.5, 0.6) is 11.5 Å². The largest absolute Gasteiger partial charge is 0.482 e. The van der Waals surface area contributed by atoms with Crippen molar-refractivity contribution in [3.05, 3.63) is 56.5 Å². The van der Waals surface area contributed by atoms with Gasteiger partial charge in [-0.25, -0.2) is 9.59 Å². The lowest BCUT2D eigenvalue weighted by Crippen LogP contribution is -2.23. The molecule has 2 saturated carbocycles. The molecule has 2 aliphatic rings. The van der Waals surface area contributed by atoms with Gasteiger partial charge in [-0.3, -0.25) is 0 Å². The van der Waals surface area contributed by atoms with Crippen LogP contribution in [0.15, 0.2) is 45.3 Å². The zero-order valence-corrected chi connectivity index (χ0v) is 24.5. The third-order valence-corrected chi connectivity index (χ3v) is 8.44. The highest BCUT2D eigenvalue weighted by Crippen LogP contribution is 2.39. The number of esters is 2. The summed E-state index contributed by atoms with van der Waals surface area (Å²) in [5, 5.41) is 0. The van der Waals surface area contributed by atoms with Gasteiger partial charge in [-0.15, -0.1) is 0 Å². The SMILES string of the molecule is O=C(COc1ccc(Br)cc1C1CCCCCC1)OC(=O)COc1ccc(Br)cc1C1CCCCCC1. The van der Waals surface area contributed by atoms with E-state index in [2.05, 4.69) is 44.0 Å². The molecule has 0 aromatic heterocycles. The molecule has 5 nitrogen and oxygen atoms in total. The second kappa shape index (κ2) is 14.3. The monoisotopic (exact) mass is 634 g/mol. The first-order chi connectivity index (χ1) is 18.0. The van der Waals surface area contributed by atoms with Crippen molar-refractivity contribution in [2.24, 2.45) is 0 Å². The van der Waals surface area contributed by atoms with Gasteiger partial charge in [-0.2, -0.15) is 0 Å². The van der Waals surface area contributed by atoms with Crippen molar-refractivity contribution in [1.82, 2.24) is 0 Å². The quantitative estimate of drug-likeness (QED) is 0.165. The zero-order chi connectivity index (χ0) is 26.0. The van der Waals surface area contributed by atoms with Crippen molar-refractivity contribution in [3.8, 4) is 11.5 Å². The van der Waals surface area contributed by atoms with Crippen LogP contribution in [-0.4, -0.2) is 25.2 Å². The van der Waals surface area contributed by atoms with Crippen LogP contribution in [0.25, 0.3) is 0 Å². The summed E-state index contributed by atoms with van der Waals surface area (Å²) in [6.07, 6.45) is 14.3. The van der Waals surface area contributed by atoms with Gasteiger partial charge in [0.1, 0.15) is 11.5 Å². The second-order valence-corrected chi connectivity index (χ2v) is 12.0. The maximum absolute atomic E-state index is 12.4. The fourth-order valence-electron chi connectivity index (χ4n) is 5.58. The standard InChI is InChI=1S/C30H36Br2O5/c31-23-13-15-27(25(17-23)21-9-5-1-2-6-10-21)35-19-29(33)37-30(34)20-36-28-16-14-24(32)18-26(28)22-11-7-3-4-8-12-22/h13-18,21-22H,1-12,19-20H2. The molecule has 2 fully saturated rings. The van der Waals surface area contributed by atoms with E-state index in [9.17, 15) is 9.59 Å². The lowest BCUT2D eigenvalue weighted by atomic mass is 9.91. The molecule has 0 unspecified atom stereocenters. The molecule has 7 heteroatoms. The molecule has 200 valence electrons. The number of carbonyl (C=O) groups excluding carboxylic acids is 2. The van der Waals surface area contributed by atoms with E-state index in [0.717, 1.165) is 45.8 Å². The summed E-state index contributed by atoms with van der Waals surface area (Å²) in [7, 11) is 0.